The third-order valence-corrected chi connectivity index (χ3v) is 8.03. The van der Waals surface area contributed by atoms with E-state index >= 15 is 0 Å². The third-order valence-electron chi connectivity index (χ3n) is 6.73. The highest BCUT2D eigenvalue weighted by atomic mass is 35.5. The molecule has 3 aromatic carbocycles. The van der Waals surface area contributed by atoms with Crippen LogP contribution in [0.2, 0.25) is 15.1 Å². The summed E-state index contributed by atoms with van der Waals surface area (Å²) in [6, 6.07) is 14.0. The van der Waals surface area contributed by atoms with Gasteiger partial charge in [0, 0.05) is 23.0 Å². The van der Waals surface area contributed by atoms with Crippen LogP contribution in [0.3, 0.4) is 0 Å². The lowest BCUT2D eigenvalue weighted by atomic mass is 9.84. The van der Waals surface area contributed by atoms with E-state index in [1.165, 1.54) is 17.8 Å². The molecule has 0 unspecified atom stereocenters. The minimum absolute atomic E-state index is 0.000748. The number of anilines is 1. The summed E-state index contributed by atoms with van der Waals surface area (Å²) >= 11 is 19.1. The summed E-state index contributed by atoms with van der Waals surface area (Å²) in [4.78, 5) is 38.8. The van der Waals surface area contributed by atoms with Crippen molar-refractivity contribution in [2.24, 2.45) is 15.9 Å². The lowest BCUT2D eigenvalue weighted by Gasteiger charge is -2.23. The largest absolute Gasteiger partial charge is 0.483 e. The maximum atomic E-state index is 13.4. The minimum atomic E-state index is -0.644. The standard InChI is InChI=1S/C34H37Cl3N4O4/c1-33(2,3)17-20-10-13-26(21(16-20)18-34(4,5)6)45-19-27(42)39-25-9-7-8-23(32(44)40-41-28(43)14-15-38-41)29(25)22-11-12-24(35)31(37)30(22)36/h7-13,15-16H,14,17-19H2,1-6H3,(H,39,42)(H,40,44). The normalized spacial score (nSPS) is 13.3. The second-order valence-corrected chi connectivity index (χ2v) is 14.5. The van der Waals surface area contributed by atoms with E-state index in [1.54, 1.807) is 24.3 Å². The van der Waals surface area contributed by atoms with Gasteiger partial charge in [-0.2, -0.15) is 5.10 Å². The number of hydrogen-bond acceptors (Lipinski definition) is 5. The Labute approximate surface area is 279 Å². The number of benzene rings is 3. The molecule has 2 N–H and O–H groups in total. The van der Waals surface area contributed by atoms with E-state index in [0.29, 0.717) is 11.3 Å². The molecule has 3 amide bonds. The molecule has 0 saturated heterocycles. The van der Waals surface area contributed by atoms with Crippen molar-refractivity contribution in [3.8, 4) is 16.9 Å². The highest BCUT2D eigenvalue weighted by Crippen LogP contribution is 2.42. The number of nitrogens with one attached hydrogen (secondary N) is 2. The fraction of sp³-hybridized carbons (Fsp3) is 0.353. The van der Waals surface area contributed by atoms with Gasteiger partial charge in [-0.15, -0.1) is 5.12 Å². The second kappa shape index (κ2) is 13.8. The second-order valence-electron chi connectivity index (χ2n) is 13.4. The number of halogens is 3. The van der Waals surface area contributed by atoms with Crippen LogP contribution in [0.4, 0.5) is 5.69 Å². The molecule has 0 atom stereocenters. The smallest absolute Gasteiger partial charge is 0.272 e. The molecule has 0 radical (unpaired) electrons. The van der Waals surface area contributed by atoms with Gasteiger partial charge in [0.05, 0.1) is 27.1 Å². The van der Waals surface area contributed by atoms with Crippen molar-refractivity contribution < 1.29 is 19.1 Å². The first-order chi connectivity index (χ1) is 21.0. The number of amides is 3. The van der Waals surface area contributed by atoms with Crippen LogP contribution in [0.1, 0.15) is 69.4 Å². The van der Waals surface area contributed by atoms with Gasteiger partial charge in [0.25, 0.3) is 17.7 Å². The Hall–Kier alpha value is -3.59. The van der Waals surface area contributed by atoms with Crippen LogP contribution in [0.5, 0.6) is 5.75 Å². The predicted molar refractivity (Wildman–Crippen MR) is 181 cm³/mol. The van der Waals surface area contributed by atoms with Crippen molar-refractivity contribution in [3.63, 3.8) is 0 Å². The lowest BCUT2D eigenvalue weighted by Crippen LogP contribution is -2.40. The van der Waals surface area contributed by atoms with Gasteiger partial charge in [0.15, 0.2) is 6.61 Å². The predicted octanol–water partition coefficient (Wildman–Crippen LogP) is 8.37. The summed E-state index contributed by atoms with van der Waals surface area (Å²) in [7, 11) is 0. The molecule has 4 rings (SSSR count). The lowest BCUT2D eigenvalue weighted by molar-refractivity contribution is -0.130. The van der Waals surface area contributed by atoms with Gasteiger partial charge >= 0.3 is 0 Å². The van der Waals surface area contributed by atoms with E-state index in [9.17, 15) is 14.4 Å². The topological polar surface area (TPSA) is 100 Å². The molecule has 0 aliphatic carbocycles. The molecule has 3 aromatic rings. The summed E-state index contributed by atoms with van der Waals surface area (Å²) in [6.07, 6.45) is 3.13. The van der Waals surface area contributed by atoms with E-state index in [2.05, 4.69) is 63.5 Å². The first-order valence-corrected chi connectivity index (χ1v) is 15.6. The average molecular weight is 672 g/mol. The van der Waals surface area contributed by atoms with Crippen molar-refractivity contribution in [1.29, 1.82) is 0 Å². The van der Waals surface area contributed by atoms with Gasteiger partial charge in [-0.25, -0.2) is 5.43 Å². The zero-order valence-electron chi connectivity index (χ0n) is 26.2. The highest BCUT2D eigenvalue weighted by molar-refractivity contribution is 6.49. The summed E-state index contributed by atoms with van der Waals surface area (Å²) < 4.78 is 6.07. The molecule has 1 aliphatic rings. The fourth-order valence-corrected chi connectivity index (χ4v) is 5.62. The van der Waals surface area contributed by atoms with Crippen LogP contribution < -0.4 is 15.5 Å². The summed E-state index contributed by atoms with van der Waals surface area (Å²) in [5, 5.41) is 8.01. The van der Waals surface area contributed by atoms with Crippen LogP contribution in [-0.4, -0.2) is 35.7 Å². The summed E-state index contributed by atoms with van der Waals surface area (Å²) in [5.41, 5.74) is 5.87. The molecule has 1 heterocycles. The Bertz CT molecular complexity index is 1660. The van der Waals surface area contributed by atoms with E-state index in [4.69, 9.17) is 39.5 Å². The number of carbonyl (C=O) groups excluding carboxylic acids is 3. The zero-order valence-corrected chi connectivity index (χ0v) is 28.5. The van der Waals surface area contributed by atoms with Gasteiger partial charge in [-0.1, -0.05) is 101 Å². The highest BCUT2D eigenvalue weighted by Gasteiger charge is 2.26. The van der Waals surface area contributed by atoms with E-state index in [0.717, 1.165) is 23.5 Å². The van der Waals surface area contributed by atoms with Crippen LogP contribution in [0.15, 0.2) is 53.6 Å². The van der Waals surface area contributed by atoms with Gasteiger partial charge in [-0.3, -0.25) is 14.4 Å². The van der Waals surface area contributed by atoms with Crippen molar-refractivity contribution >= 4 is 64.4 Å². The van der Waals surface area contributed by atoms with Gasteiger partial charge in [-0.05, 0) is 59.1 Å². The number of carbonyl (C=O) groups is 3. The maximum Gasteiger partial charge on any atom is 0.272 e. The number of nitrogens with zero attached hydrogens (tertiary/aromatic N) is 2. The molecule has 0 spiro atoms. The Kier molecular flexibility index (Phi) is 10.5. The molecule has 0 fully saturated rings. The fourth-order valence-electron chi connectivity index (χ4n) is 4.99. The quantitative estimate of drug-likeness (QED) is 0.223. The molecule has 0 saturated carbocycles. The van der Waals surface area contributed by atoms with E-state index < -0.39 is 17.7 Å². The van der Waals surface area contributed by atoms with Gasteiger partial charge in [0.1, 0.15) is 5.75 Å². The van der Waals surface area contributed by atoms with E-state index in [-0.39, 0.29) is 55.7 Å². The number of rotatable bonds is 9. The summed E-state index contributed by atoms with van der Waals surface area (Å²) in [5.74, 6) is -0.857. The molecule has 238 valence electrons. The zero-order chi connectivity index (χ0) is 33.1. The monoisotopic (exact) mass is 670 g/mol. The SMILES string of the molecule is CC(C)(C)Cc1ccc(OCC(=O)Nc2cccc(C(=O)NN3N=CCC3=O)c2-c2ccc(Cl)c(Cl)c2Cl)c(CC(C)(C)C)c1. The van der Waals surface area contributed by atoms with Crippen molar-refractivity contribution in [2.45, 2.75) is 60.8 Å². The first-order valence-electron chi connectivity index (χ1n) is 14.5. The van der Waals surface area contributed by atoms with Crippen LogP contribution >= 0.6 is 34.8 Å². The Morgan fingerprint density at radius 1 is 0.933 bits per heavy atom. The van der Waals surface area contributed by atoms with Crippen LogP contribution in [0.25, 0.3) is 11.1 Å². The molecule has 1 aliphatic heterocycles. The van der Waals surface area contributed by atoms with Gasteiger partial charge in [0.2, 0.25) is 0 Å². The number of ether oxygens (including phenoxy) is 1. The number of hydrazone groups is 1. The Morgan fingerprint density at radius 2 is 1.64 bits per heavy atom. The van der Waals surface area contributed by atoms with Gasteiger partial charge < -0.3 is 10.1 Å². The molecule has 0 bridgehead atoms. The molecule has 45 heavy (non-hydrogen) atoms. The minimum Gasteiger partial charge on any atom is -0.483 e. The average Bonchev–Trinajstić information content (AvgIpc) is 3.33. The first kappa shape index (κ1) is 34.3. The molecule has 11 heteroatoms. The molecule has 0 aromatic heterocycles. The van der Waals surface area contributed by atoms with Crippen molar-refractivity contribution in [1.82, 2.24) is 10.5 Å². The maximum absolute atomic E-state index is 13.4. The van der Waals surface area contributed by atoms with Crippen LogP contribution in [-0.2, 0) is 22.4 Å². The molecule has 8 nitrogen and oxygen atoms in total. The van der Waals surface area contributed by atoms with Crippen molar-refractivity contribution in [2.75, 3.05) is 11.9 Å². The number of hydrogen-bond donors (Lipinski definition) is 2. The molecular formula is C34H37Cl3N4O4. The number of hydrazine groups is 1. The summed E-state index contributed by atoms with van der Waals surface area (Å²) in [6.45, 7) is 12.8. The Morgan fingerprint density at radius 3 is 2.29 bits per heavy atom. The van der Waals surface area contributed by atoms with Crippen molar-refractivity contribution in [3.05, 3.63) is 80.3 Å². The third kappa shape index (κ3) is 9.00. The van der Waals surface area contributed by atoms with E-state index in [1.807, 2.05) is 12.1 Å². The Balaban J connectivity index is 1.64. The van der Waals surface area contributed by atoms with Crippen LogP contribution in [0, 0.1) is 10.8 Å². The molecular weight excluding hydrogens is 635 g/mol.